The molecule has 1 amide bonds. The summed E-state index contributed by atoms with van der Waals surface area (Å²) in [7, 11) is 4.17. The fourth-order valence-electron chi connectivity index (χ4n) is 8.32. The molecule has 352 valence electrons. The molecule has 60 heavy (non-hydrogen) atoms. The van der Waals surface area contributed by atoms with Crippen LogP contribution in [0.5, 0.6) is 0 Å². The van der Waals surface area contributed by atoms with Gasteiger partial charge in [-0.15, -0.1) is 0 Å². The van der Waals surface area contributed by atoms with Crippen LogP contribution < -0.4 is 0 Å². The van der Waals surface area contributed by atoms with E-state index in [4.69, 9.17) is 4.74 Å². The molecule has 0 aromatic heterocycles. The number of hydrogen-bond acceptors (Lipinski definition) is 4. The van der Waals surface area contributed by atoms with Gasteiger partial charge >= 0.3 is 5.97 Å². The molecular formula is C55H104N2O3. The van der Waals surface area contributed by atoms with Gasteiger partial charge < -0.3 is 14.5 Å². The summed E-state index contributed by atoms with van der Waals surface area (Å²) in [6.07, 6.45) is 56.8. The van der Waals surface area contributed by atoms with Crippen molar-refractivity contribution in [1.29, 1.82) is 0 Å². The van der Waals surface area contributed by atoms with E-state index < -0.39 is 0 Å². The molecule has 1 unspecified atom stereocenters. The molecule has 0 aliphatic carbocycles. The van der Waals surface area contributed by atoms with Crippen LogP contribution in [0.4, 0.5) is 0 Å². The van der Waals surface area contributed by atoms with Crippen LogP contribution in [-0.4, -0.2) is 61.5 Å². The maximum atomic E-state index is 14.3. The number of nitrogens with zero attached hydrogens (tertiary/aromatic N) is 2. The summed E-state index contributed by atoms with van der Waals surface area (Å²) in [5, 5.41) is 0. The van der Waals surface area contributed by atoms with Crippen LogP contribution in [0.1, 0.15) is 259 Å². The molecule has 0 heterocycles. The first-order valence-corrected chi connectivity index (χ1v) is 26.5. The number of carbonyl (C=O) groups excluding carboxylic acids is 2. The number of rotatable bonds is 46. The normalized spacial score (nSPS) is 12.6. The predicted molar refractivity (Wildman–Crippen MR) is 265 cm³/mol. The number of esters is 1. The molecule has 0 N–H and O–H groups in total. The number of ether oxygens (including phenoxy) is 1. The van der Waals surface area contributed by atoms with E-state index >= 15 is 0 Å². The Morgan fingerprint density at radius 3 is 1.37 bits per heavy atom. The van der Waals surface area contributed by atoms with Gasteiger partial charge in [0.05, 0.1) is 6.61 Å². The maximum Gasteiger partial charge on any atom is 0.330 e. The lowest BCUT2D eigenvalue weighted by Gasteiger charge is -2.36. The second-order valence-corrected chi connectivity index (χ2v) is 18.5. The number of hydrogen-bond donors (Lipinski definition) is 0. The summed E-state index contributed by atoms with van der Waals surface area (Å²) in [6, 6.07) is 0.291. The highest BCUT2D eigenvalue weighted by molar-refractivity contribution is 5.81. The van der Waals surface area contributed by atoms with Gasteiger partial charge in [-0.2, -0.15) is 0 Å². The fourth-order valence-corrected chi connectivity index (χ4v) is 8.32. The molecular weight excluding hydrogens is 737 g/mol. The van der Waals surface area contributed by atoms with Gasteiger partial charge in [-0.05, 0) is 116 Å². The number of allylic oxidation sites excluding steroid dienone is 5. The smallest absolute Gasteiger partial charge is 0.330 e. The fraction of sp³-hybridized carbons (Fsp3) is 0.855. The lowest BCUT2D eigenvalue weighted by atomic mass is 9.92. The number of carbonyl (C=O) groups is 2. The average molecular weight is 841 g/mol. The quantitative estimate of drug-likeness (QED) is 0.0265. The monoisotopic (exact) mass is 841 g/mol. The van der Waals surface area contributed by atoms with E-state index in [9.17, 15) is 9.59 Å². The lowest BCUT2D eigenvalue weighted by molar-refractivity contribution is -0.138. The molecule has 0 aliphatic rings. The molecule has 0 aromatic rings. The molecule has 0 saturated heterocycles. The van der Waals surface area contributed by atoms with E-state index in [2.05, 4.69) is 75.9 Å². The van der Waals surface area contributed by atoms with Crippen LogP contribution in [0.25, 0.3) is 0 Å². The third kappa shape index (κ3) is 40.2. The Hall–Kier alpha value is -1.88. The highest BCUT2D eigenvalue weighted by atomic mass is 16.5. The molecule has 0 aromatic carbocycles. The van der Waals surface area contributed by atoms with Crippen molar-refractivity contribution in [3.05, 3.63) is 36.5 Å². The molecule has 0 aliphatic heterocycles. The first kappa shape index (κ1) is 58.1. The first-order valence-electron chi connectivity index (χ1n) is 26.5. The van der Waals surface area contributed by atoms with Crippen molar-refractivity contribution < 1.29 is 14.3 Å². The summed E-state index contributed by atoms with van der Waals surface area (Å²) in [5.74, 6) is 0.688. The maximum absolute atomic E-state index is 14.3. The molecule has 5 nitrogen and oxygen atoms in total. The second kappa shape index (κ2) is 46.6. The van der Waals surface area contributed by atoms with Gasteiger partial charge in [0.2, 0.25) is 5.91 Å². The van der Waals surface area contributed by atoms with E-state index in [0.717, 1.165) is 70.9 Å². The second-order valence-electron chi connectivity index (χ2n) is 18.5. The molecule has 0 spiro atoms. The van der Waals surface area contributed by atoms with Crippen molar-refractivity contribution in [3.8, 4) is 0 Å². The Morgan fingerprint density at radius 1 is 0.467 bits per heavy atom. The Bertz CT molecular complexity index is 978. The van der Waals surface area contributed by atoms with Gasteiger partial charge in [0.25, 0.3) is 0 Å². The van der Waals surface area contributed by atoms with Crippen LogP contribution in [0.15, 0.2) is 36.5 Å². The average Bonchev–Trinajstić information content (AvgIpc) is 3.24. The minimum atomic E-state index is -0.201. The molecule has 0 rings (SSSR count). The molecule has 0 bridgehead atoms. The largest absolute Gasteiger partial charge is 0.463 e. The summed E-state index contributed by atoms with van der Waals surface area (Å²) in [4.78, 5) is 31.2. The first-order chi connectivity index (χ1) is 29.4. The van der Waals surface area contributed by atoms with Gasteiger partial charge in [-0.3, -0.25) is 4.79 Å². The minimum absolute atomic E-state index is 0.201. The Morgan fingerprint density at radius 2 is 0.867 bits per heavy atom. The van der Waals surface area contributed by atoms with Crippen molar-refractivity contribution in [2.75, 3.05) is 33.8 Å². The Kier molecular flexibility index (Phi) is 45.2. The van der Waals surface area contributed by atoms with E-state index in [1.54, 1.807) is 6.08 Å². The van der Waals surface area contributed by atoms with E-state index in [1.807, 2.05) is 6.08 Å². The van der Waals surface area contributed by atoms with Crippen LogP contribution in [0.3, 0.4) is 0 Å². The SMILES string of the molecule is CCCCC/C=C\CCCC(CCC/C=C\CCCCC)CN(C(=O)CCN(C)C)C(CCCCC=CC(=O)OCCCCCCCCCC)CCCCCCCCCC. The topological polar surface area (TPSA) is 49.9 Å². The van der Waals surface area contributed by atoms with Crippen LogP contribution in [0, 0.1) is 5.92 Å². The summed E-state index contributed by atoms with van der Waals surface area (Å²) in [5.41, 5.74) is 0. The zero-order valence-corrected chi connectivity index (χ0v) is 41.3. The third-order valence-corrected chi connectivity index (χ3v) is 12.3. The van der Waals surface area contributed by atoms with Crippen molar-refractivity contribution in [3.63, 3.8) is 0 Å². The van der Waals surface area contributed by atoms with Crippen LogP contribution >= 0.6 is 0 Å². The zero-order chi connectivity index (χ0) is 44.0. The van der Waals surface area contributed by atoms with Gasteiger partial charge in [0, 0.05) is 31.6 Å². The van der Waals surface area contributed by atoms with Crippen molar-refractivity contribution >= 4 is 11.9 Å². The van der Waals surface area contributed by atoms with Crippen molar-refractivity contribution in [2.24, 2.45) is 5.92 Å². The van der Waals surface area contributed by atoms with Gasteiger partial charge in [0.15, 0.2) is 0 Å². The standard InChI is InChI=1S/C55H104N2O3/c1-7-11-15-19-23-27-31-37-43-52(44-38-32-28-24-20-16-12-8-2)51-57(54(58)48-49-56(5)6)53(45-39-33-29-25-21-17-13-9-3)46-40-34-35-41-47-55(59)60-50-42-36-30-26-22-18-14-10-4/h23-24,27-28,41,47,52-53H,7-22,25-26,29-40,42-46,48-51H2,1-6H3/b27-23-,28-24-,47-41?. The highest BCUT2D eigenvalue weighted by Crippen LogP contribution is 2.25. The summed E-state index contributed by atoms with van der Waals surface area (Å²) < 4.78 is 5.50. The minimum Gasteiger partial charge on any atom is -0.463 e. The third-order valence-electron chi connectivity index (χ3n) is 12.3. The van der Waals surface area contributed by atoms with Gasteiger partial charge in [-0.25, -0.2) is 4.79 Å². The Balaban J connectivity index is 5.63. The van der Waals surface area contributed by atoms with Crippen molar-refractivity contribution in [2.45, 2.75) is 265 Å². The predicted octanol–water partition coefficient (Wildman–Crippen LogP) is 16.7. The molecule has 0 radical (unpaired) electrons. The van der Waals surface area contributed by atoms with E-state index in [1.165, 1.54) is 167 Å². The zero-order valence-electron chi connectivity index (χ0n) is 41.3. The lowest BCUT2D eigenvalue weighted by Crippen LogP contribution is -2.44. The molecule has 1 atom stereocenters. The number of amides is 1. The number of unbranched alkanes of at least 4 members (excludes halogenated alkanes) is 24. The van der Waals surface area contributed by atoms with Gasteiger partial charge in [-0.1, -0.05) is 186 Å². The van der Waals surface area contributed by atoms with Gasteiger partial charge in [0.1, 0.15) is 0 Å². The Labute approximate surface area is 375 Å². The van der Waals surface area contributed by atoms with Crippen LogP contribution in [-0.2, 0) is 14.3 Å². The molecule has 0 fully saturated rings. The van der Waals surface area contributed by atoms with Crippen LogP contribution in [0.2, 0.25) is 0 Å². The summed E-state index contributed by atoms with van der Waals surface area (Å²) in [6.45, 7) is 11.3. The summed E-state index contributed by atoms with van der Waals surface area (Å²) >= 11 is 0. The van der Waals surface area contributed by atoms with E-state index in [0.29, 0.717) is 30.9 Å². The van der Waals surface area contributed by atoms with E-state index in [-0.39, 0.29) is 5.97 Å². The molecule has 0 saturated carbocycles. The van der Waals surface area contributed by atoms with Crippen molar-refractivity contribution in [1.82, 2.24) is 9.80 Å². The molecule has 5 heteroatoms. The highest BCUT2D eigenvalue weighted by Gasteiger charge is 2.26.